The summed E-state index contributed by atoms with van der Waals surface area (Å²) in [4.78, 5) is 0. The predicted molar refractivity (Wildman–Crippen MR) is 70.3 cm³/mol. The van der Waals surface area contributed by atoms with E-state index in [4.69, 9.17) is 5.73 Å². The Kier molecular flexibility index (Phi) is 5.67. The Labute approximate surface area is 99.1 Å². The van der Waals surface area contributed by atoms with Gasteiger partial charge in [-0.1, -0.05) is 37.8 Å². The first-order valence-electron chi connectivity index (χ1n) is 6.03. The Morgan fingerprint density at radius 1 is 1.12 bits per heavy atom. The van der Waals surface area contributed by atoms with Crippen LogP contribution in [0.1, 0.15) is 50.2 Å². The highest BCUT2D eigenvalue weighted by Gasteiger charge is 1.96. The summed E-state index contributed by atoms with van der Waals surface area (Å²) in [6.45, 7) is 5.17. The van der Waals surface area contributed by atoms with E-state index in [-0.39, 0.29) is 0 Å². The van der Waals surface area contributed by atoms with Gasteiger partial charge < -0.3 is 5.73 Å². The first-order chi connectivity index (χ1) is 7.74. The molecule has 0 aliphatic heterocycles. The Morgan fingerprint density at radius 2 is 1.81 bits per heavy atom. The molecular formula is C15H21N. The normalized spacial score (nSPS) is 10.0. The van der Waals surface area contributed by atoms with Gasteiger partial charge in [-0.3, -0.25) is 0 Å². The molecular weight excluding hydrogens is 194 g/mol. The Hall–Kier alpha value is -1.26. The zero-order valence-corrected chi connectivity index (χ0v) is 10.3. The van der Waals surface area contributed by atoms with E-state index in [0.717, 1.165) is 31.4 Å². The summed E-state index contributed by atoms with van der Waals surface area (Å²) in [5.74, 6) is 6.95. The van der Waals surface area contributed by atoms with Gasteiger partial charge in [-0.2, -0.15) is 0 Å². The topological polar surface area (TPSA) is 26.0 Å². The van der Waals surface area contributed by atoms with Crippen molar-refractivity contribution in [3.8, 4) is 11.8 Å². The fraction of sp³-hybridized carbons (Fsp3) is 0.467. The molecule has 1 aromatic rings. The second-order valence-corrected chi connectivity index (χ2v) is 4.32. The average molecular weight is 215 g/mol. The summed E-state index contributed by atoms with van der Waals surface area (Å²) in [5.41, 5.74) is 7.90. The molecule has 2 N–H and O–H groups in total. The molecule has 0 fully saturated rings. The molecule has 0 bridgehead atoms. The maximum absolute atomic E-state index is 5.42. The second kappa shape index (κ2) is 7.09. The van der Waals surface area contributed by atoms with Gasteiger partial charge in [0.2, 0.25) is 0 Å². The lowest BCUT2D eigenvalue weighted by Crippen LogP contribution is -1.96. The molecule has 0 aliphatic rings. The lowest BCUT2D eigenvalue weighted by molar-refractivity contribution is 0.768. The number of hydrogen-bond acceptors (Lipinski definition) is 1. The van der Waals surface area contributed by atoms with Gasteiger partial charge in [-0.05, 0) is 43.0 Å². The van der Waals surface area contributed by atoms with E-state index >= 15 is 0 Å². The van der Waals surface area contributed by atoms with Crippen molar-refractivity contribution in [1.29, 1.82) is 0 Å². The van der Waals surface area contributed by atoms with Crippen LogP contribution in [0.5, 0.6) is 0 Å². The van der Waals surface area contributed by atoms with E-state index in [1.807, 2.05) is 0 Å². The molecule has 0 aliphatic carbocycles. The third kappa shape index (κ3) is 4.51. The fourth-order valence-corrected chi connectivity index (χ4v) is 1.47. The first kappa shape index (κ1) is 12.8. The largest absolute Gasteiger partial charge is 0.330 e. The van der Waals surface area contributed by atoms with E-state index in [1.165, 1.54) is 5.56 Å². The van der Waals surface area contributed by atoms with Gasteiger partial charge in [-0.25, -0.2) is 0 Å². The van der Waals surface area contributed by atoms with Gasteiger partial charge in [0.1, 0.15) is 0 Å². The summed E-state index contributed by atoms with van der Waals surface area (Å²) in [7, 11) is 0. The molecule has 0 atom stereocenters. The van der Waals surface area contributed by atoms with Crippen molar-refractivity contribution < 1.29 is 0 Å². The van der Waals surface area contributed by atoms with Crippen LogP contribution in [0.3, 0.4) is 0 Å². The van der Waals surface area contributed by atoms with E-state index < -0.39 is 0 Å². The minimum absolute atomic E-state index is 0.589. The third-order valence-electron chi connectivity index (χ3n) is 2.57. The van der Waals surface area contributed by atoms with E-state index in [9.17, 15) is 0 Å². The van der Waals surface area contributed by atoms with Gasteiger partial charge in [0.25, 0.3) is 0 Å². The van der Waals surface area contributed by atoms with Crippen molar-refractivity contribution in [2.24, 2.45) is 5.73 Å². The van der Waals surface area contributed by atoms with Gasteiger partial charge in [-0.15, -0.1) is 0 Å². The monoisotopic (exact) mass is 215 g/mol. The van der Waals surface area contributed by atoms with Crippen LogP contribution in [0, 0.1) is 11.8 Å². The Bertz CT molecular complexity index is 351. The van der Waals surface area contributed by atoms with Crippen molar-refractivity contribution >= 4 is 0 Å². The van der Waals surface area contributed by atoms with Crippen LogP contribution >= 0.6 is 0 Å². The minimum atomic E-state index is 0.589. The van der Waals surface area contributed by atoms with Crippen LogP contribution in [0.15, 0.2) is 24.3 Å². The van der Waals surface area contributed by atoms with Crippen LogP contribution < -0.4 is 5.73 Å². The predicted octanol–water partition coefficient (Wildman–Crippen LogP) is 3.29. The number of benzene rings is 1. The number of unbranched alkanes of at least 4 members (excludes halogenated alkanes) is 2. The summed E-state index contributed by atoms with van der Waals surface area (Å²) in [5, 5.41) is 0. The van der Waals surface area contributed by atoms with Crippen LogP contribution in [-0.4, -0.2) is 6.54 Å². The highest BCUT2D eigenvalue weighted by atomic mass is 14.5. The van der Waals surface area contributed by atoms with Gasteiger partial charge in [0, 0.05) is 12.0 Å². The molecule has 0 aromatic heterocycles. The molecule has 0 saturated carbocycles. The number of nitrogens with two attached hydrogens (primary N) is 1. The summed E-state index contributed by atoms with van der Waals surface area (Å²) in [6.07, 6.45) is 3.12. The zero-order valence-electron chi connectivity index (χ0n) is 10.3. The molecule has 0 heterocycles. The number of rotatable bonds is 4. The third-order valence-corrected chi connectivity index (χ3v) is 2.57. The quantitative estimate of drug-likeness (QED) is 0.605. The standard InChI is InChI=1S/C15H21N/c1-13(2)15-10-8-14(9-11-15)7-5-3-4-6-12-16/h8-11,13H,3-4,6,12,16H2,1-2H3. The molecule has 0 saturated heterocycles. The van der Waals surface area contributed by atoms with Gasteiger partial charge in [0.05, 0.1) is 0 Å². The van der Waals surface area contributed by atoms with Crippen molar-refractivity contribution in [3.63, 3.8) is 0 Å². The molecule has 16 heavy (non-hydrogen) atoms. The molecule has 0 spiro atoms. The van der Waals surface area contributed by atoms with Gasteiger partial charge >= 0.3 is 0 Å². The van der Waals surface area contributed by atoms with Crippen molar-refractivity contribution in [1.82, 2.24) is 0 Å². The summed E-state index contributed by atoms with van der Waals surface area (Å²) >= 11 is 0. The van der Waals surface area contributed by atoms with Crippen LogP contribution in [0.4, 0.5) is 0 Å². The van der Waals surface area contributed by atoms with E-state index in [0.29, 0.717) is 5.92 Å². The molecule has 1 rings (SSSR count). The minimum Gasteiger partial charge on any atom is -0.330 e. The smallest absolute Gasteiger partial charge is 0.0245 e. The van der Waals surface area contributed by atoms with Crippen LogP contribution in [-0.2, 0) is 0 Å². The highest BCUT2D eigenvalue weighted by molar-refractivity contribution is 5.36. The zero-order chi connectivity index (χ0) is 11.8. The summed E-state index contributed by atoms with van der Waals surface area (Å²) in [6, 6.07) is 8.53. The average Bonchev–Trinajstić information content (AvgIpc) is 2.29. The van der Waals surface area contributed by atoms with Gasteiger partial charge in [0.15, 0.2) is 0 Å². The molecule has 0 radical (unpaired) electrons. The maximum Gasteiger partial charge on any atom is 0.0245 e. The lowest BCUT2D eigenvalue weighted by atomic mass is 10.0. The van der Waals surface area contributed by atoms with Crippen LogP contribution in [0.2, 0.25) is 0 Å². The molecule has 86 valence electrons. The highest BCUT2D eigenvalue weighted by Crippen LogP contribution is 2.14. The van der Waals surface area contributed by atoms with E-state index in [2.05, 4.69) is 50.0 Å². The SMILES string of the molecule is CC(C)c1ccc(C#CCCCCN)cc1. The Morgan fingerprint density at radius 3 is 2.38 bits per heavy atom. The Balaban J connectivity index is 2.48. The maximum atomic E-state index is 5.42. The molecule has 1 aromatic carbocycles. The molecule has 1 heteroatoms. The van der Waals surface area contributed by atoms with Crippen molar-refractivity contribution in [3.05, 3.63) is 35.4 Å². The molecule has 1 nitrogen and oxygen atoms in total. The lowest BCUT2D eigenvalue weighted by Gasteiger charge is -2.03. The summed E-state index contributed by atoms with van der Waals surface area (Å²) < 4.78 is 0. The van der Waals surface area contributed by atoms with E-state index in [1.54, 1.807) is 0 Å². The van der Waals surface area contributed by atoms with Crippen molar-refractivity contribution in [2.75, 3.05) is 6.54 Å². The molecule has 0 amide bonds. The first-order valence-corrected chi connectivity index (χ1v) is 6.03. The van der Waals surface area contributed by atoms with Crippen LogP contribution in [0.25, 0.3) is 0 Å². The molecule has 0 unspecified atom stereocenters. The second-order valence-electron chi connectivity index (χ2n) is 4.32. The fourth-order valence-electron chi connectivity index (χ4n) is 1.47. The van der Waals surface area contributed by atoms with Crippen molar-refractivity contribution in [2.45, 2.75) is 39.0 Å². The number of hydrogen-bond donors (Lipinski definition) is 1.